The van der Waals surface area contributed by atoms with E-state index >= 15 is 0 Å². The Labute approximate surface area is 246 Å². The van der Waals surface area contributed by atoms with Crippen LogP contribution >= 0.6 is 11.8 Å². The van der Waals surface area contributed by atoms with Crippen LogP contribution in [0.2, 0.25) is 0 Å². The van der Waals surface area contributed by atoms with E-state index in [0.717, 1.165) is 33.6 Å². The van der Waals surface area contributed by atoms with Crippen molar-refractivity contribution in [3.8, 4) is 17.2 Å². The van der Waals surface area contributed by atoms with Crippen LogP contribution in [0, 0.1) is 26.6 Å². The van der Waals surface area contributed by atoms with E-state index in [1.165, 1.54) is 23.9 Å². The molecule has 4 aromatic rings. The van der Waals surface area contributed by atoms with Gasteiger partial charge in [0.25, 0.3) is 0 Å². The smallest absolute Gasteiger partial charge is 0.241 e. The molecule has 1 aromatic heterocycles. The number of nitrogens with zero attached hydrogens (tertiary/aromatic N) is 2. The minimum Gasteiger partial charge on any atom is -0.493 e. The van der Waals surface area contributed by atoms with Crippen LogP contribution in [0.25, 0.3) is 5.69 Å². The van der Waals surface area contributed by atoms with Gasteiger partial charge >= 0.3 is 0 Å². The highest BCUT2D eigenvalue weighted by Gasteiger charge is 2.30. The molecule has 0 aliphatic heterocycles. The lowest BCUT2D eigenvalue weighted by Crippen LogP contribution is -2.27. The van der Waals surface area contributed by atoms with Crippen LogP contribution in [0.4, 0.5) is 4.39 Å². The van der Waals surface area contributed by atoms with Crippen LogP contribution in [0.1, 0.15) is 41.8 Å². The van der Waals surface area contributed by atoms with Crippen molar-refractivity contribution in [2.24, 2.45) is 0 Å². The lowest BCUT2D eigenvalue weighted by atomic mass is 9.81. The van der Waals surface area contributed by atoms with Gasteiger partial charge < -0.3 is 9.47 Å². The standard InChI is InChI=1S/C31H36FN3O4S2/c1-20-16-21(2)29(22(3)17-20)41(36,37)34-14-15-40-30-33-19-28(35(30)25-11-9-24(32)10-12-25)31(4,5)23-8-13-26(38-6)27(18-23)39-7/h8-13,16-19,34H,14-15H2,1-7H3. The number of rotatable bonds is 11. The zero-order chi connectivity index (χ0) is 29.9. The van der Waals surface area contributed by atoms with Crippen molar-refractivity contribution in [1.29, 1.82) is 0 Å². The van der Waals surface area contributed by atoms with E-state index < -0.39 is 15.4 Å². The lowest BCUT2D eigenvalue weighted by Gasteiger charge is -2.28. The summed E-state index contributed by atoms with van der Waals surface area (Å²) in [5, 5.41) is 0.669. The largest absolute Gasteiger partial charge is 0.493 e. The molecule has 7 nitrogen and oxygen atoms in total. The highest BCUT2D eigenvalue weighted by Crippen LogP contribution is 2.39. The molecule has 218 valence electrons. The Balaban J connectivity index is 1.63. The summed E-state index contributed by atoms with van der Waals surface area (Å²) < 4.78 is 55.7. The molecule has 1 N–H and O–H groups in total. The maximum Gasteiger partial charge on any atom is 0.241 e. The molecule has 0 spiro atoms. The molecular formula is C31H36FN3O4S2. The maximum absolute atomic E-state index is 13.8. The van der Waals surface area contributed by atoms with Gasteiger partial charge in [0.1, 0.15) is 5.82 Å². The number of methoxy groups -OCH3 is 2. The van der Waals surface area contributed by atoms with Gasteiger partial charge in [0.05, 0.1) is 31.0 Å². The molecule has 1 heterocycles. The SMILES string of the molecule is COc1ccc(C(C)(C)c2cnc(SCCNS(=O)(=O)c3c(C)cc(C)cc3C)n2-c2ccc(F)cc2)cc1OC. The van der Waals surface area contributed by atoms with Gasteiger partial charge in [-0.25, -0.2) is 22.5 Å². The third-order valence-corrected chi connectivity index (χ3v) is 9.78. The first-order valence-corrected chi connectivity index (χ1v) is 15.6. The number of aromatic nitrogens is 2. The molecule has 0 aliphatic carbocycles. The second-order valence-electron chi connectivity index (χ2n) is 10.4. The van der Waals surface area contributed by atoms with Crippen molar-refractivity contribution in [3.63, 3.8) is 0 Å². The molecule has 0 aliphatic rings. The number of nitrogens with one attached hydrogen (secondary N) is 1. The average molecular weight is 598 g/mol. The highest BCUT2D eigenvalue weighted by atomic mass is 32.2. The third-order valence-electron chi connectivity index (χ3n) is 7.06. The predicted molar refractivity (Wildman–Crippen MR) is 162 cm³/mol. The van der Waals surface area contributed by atoms with Crippen molar-refractivity contribution in [2.75, 3.05) is 26.5 Å². The van der Waals surface area contributed by atoms with Gasteiger partial charge in [-0.3, -0.25) is 4.57 Å². The highest BCUT2D eigenvalue weighted by molar-refractivity contribution is 7.99. The summed E-state index contributed by atoms with van der Waals surface area (Å²) in [7, 11) is -0.485. The number of thioether (sulfide) groups is 1. The Hall–Kier alpha value is -3.34. The van der Waals surface area contributed by atoms with Crippen LogP contribution in [0.15, 0.2) is 70.8 Å². The first-order chi connectivity index (χ1) is 19.4. The van der Waals surface area contributed by atoms with Crippen LogP contribution in [-0.2, 0) is 15.4 Å². The van der Waals surface area contributed by atoms with Crippen molar-refractivity contribution >= 4 is 21.8 Å². The fourth-order valence-corrected chi connectivity index (χ4v) is 7.53. The summed E-state index contributed by atoms with van der Waals surface area (Å²) >= 11 is 1.43. The van der Waals surface area contributed by atoms with Gasteiger partial charge in [0.15, 0.2) is 16.7 Å². The molecule has 0 saturated heterocycles. The number of halogens is 1. The molecule has 4 rings (SSSR count). The van der Waals surface area contributed by atoms with E-state index in [2.05, 4.69) is 18.6 Å². The summed E-state index contributed by atoms with van der Waals surface area (Å²) in [5.74, 6) is 1.36. The first-order valence-electron chi connectivity index (χ1n) is 13.2. The van der Waals surface area contributed by atoms with Gasteiger partial charge in [-0.15, -0.1) is 0 Å². The van der Waals surface area contributed by atoms with Gasteiger partial charge in [-0.05, 0) is 73.9 Å². The number of sulfonamides is 1. The third kappa shape index (κ3) is 6.45. The van der Waals surface area contributed by atoms with Crippen molar-refractivity contribution in [2.45, 2.75) is 50.1 Å². The molecule has 3 aromatic carbocycles. The van der Waals surface area contributed by atoms with Crippen molar-refractivity contribution in [3.05, 3.63) is 94.6 Å². The quantitative estimate of drug-likeness (QED) is 0.160. The molecule has 0 bridgehead atoms. The fraction of sp³-hybridized carbons (Fsp3) is 0.323. The van der Waals surface area contributed by atoms with E-state index in [1.54, 1.807) is 26.4 Å². The summed E-state index contributed by atoms with van der Waals surface area (Å²) in [6, 6.07) is 15.8. The minimum atomic E-state index is -3.68. The summed E-state index contributed by atoms with van der Waals surface area (Å²) in [6.07, 6.45) is 1.81. The van der Waals surface area contributed by atoms with Gasteiger partial charge in [0, 0.05) is 23.4 Å². The van der Waals surface area contributed by atoms with Crippen LogP contribution in [0.5, 0.6) is 11.5 Å². The van der Waals surface area contributed by atoms with E-state index in [0.29, 0.717) is 27.3 Å². The molecule has 10 heteroatoms. The molecule has 0 radical (unpaired) electrons. The normalized spacial score (nSPS) is 12.0. The zero-order valence-corrected chi connectivity index (χ0v) is 26.0. The number of benzene rings is 3. The Morgan fingerprint density at radius 3 is 2.20 bits per heavy atom. The van der Waals surface area contributed by atoms with Gasteiger partial charge in [0.2, 0.25) is 10.0 Å². The van der Waals surface area contributed by atoms with E-state index in [1.807, 2.05) is 61.9 Å². The minimum absolute atomic E-state index is 0.213. The van der Waals surface area contributed by atoms with Gasteiger partial charge in [-0.1, -0.05) is 49.4 Å². The van der Waals surface area contributed by atoms with Crippen LogP contribution < -0.4 is 14.2 Å². The molecular weight excluding hydrogens is 561 g/mol. The maximum atomic E-state index is 13.8. The Morgan fingerprint density at radius 2 is 1.59 bits per heavy atom. The fourth-order valence-electron chi connectivity index (χ4n) is 5.07. The number of aryl methyl sites for hydroxylation is 3. The molecule has 0 fully saturated rings. The zero-order valence-electron chi connectivity index (χ0n) is 24.4. The molecule has 0 atom stereocenters. The monoisotopic (exact) mass is 597 g/mol. The number of hydrogen-bond donors (Lipinski definition) is 1. The Bertz CT molecular complexity index is 1630. The average Bonchev–Trinajstić information content (AvgIpc) is 3.35. The molecule has 0 amide bonds. The molecule has 0 saturated carbocycles. The van der Waals surface area contributed by atoms with Crippen LogP contribution in [0.3, 0.4) is 0 Å². The van der Waals surface area contributed by atoms with Crippen molar-refractivity contribution < 1.29 is 22.3 Å². The Morgan fingerprint density at radius 1 is 0.951 bits per heavy atom. The molecule has 0 unspecified atom stereocenters. The van der Waals surface area contributed by atoms with Crippen molar-refractivity contribution in [1.82, 2.24) is 14.3 Å². The summed E-state index contributed by atoms with van der Waals surface area (Å²) in [5.41, 5.74) is 4.54. The van der Waals surface area contributed by atoms with Crippen LogP contribution in [-0.4, -0.2) is 44.5 Å². The number of imidazole rings is 1. The second kappa shape index (κ2) is 12.3. The van der Waals surface area contributed by atoms with E-state index in [9.17, 15) is 12.8 Å². The molecule has 41 heavy (non-hydrogen) atoms. The van der Waals surface area contributed by atoms with E-state index in [4.69, 9.17) is 14.5 Å². The number of ether oxygens (including phenoxy) is 2. The number of hydrogen-bond acceptors (Lipinski definition) is 6. The predicted octanol–water partition coefficient (Wildman–Crippen LogP) is 6.35. The lowest BCUT2D eigenvalue weighted by molar-refractivity contribution is 0.353. The summed E-state index contributed by atoms with van der Waals surface area (Å²) in [4.78, 5) is 5.03. The summed E-state index contributed by atoms with van der Waals surface area (Å²) in [6.45, 7) is 9.95. The first kappa shape index (κ1) is 30.6. The Kier molecular flexibility index (Phi) is 9.16. The van der Waals surface area contributed by atoms with Gasteiger partial charge in [-0.2, -0.15) is 0 Å². The topological polar surface area (TPSA) is 82.5 Å². The van der Waals surface area contributed by atoms with E-state index in [-0.39, 0.29) is 12.4 Å². The second-order valence-corrected chi connectivity index (χ2v) is 13.2.